The molecule has 1 atom stereocenters. The van der Waals surface area contributed by atoms with E-state index in [-0.39, 0.29) is 24.0 Å². The molecule has 0 saturated carbocycles. The van der Waals surface area contributed by atoms with Crippen molar-refractivity contribution in [2.24, 2.45) is 4.99 Å². The van der Waals surface area contributed by atoms with Gasteiger partial charge in [-0.15, -0.1) is 24.0 Å². The van der Waals surface area contributed by atoms with Gasteiger partial charge in [0, 0.05) is 25.7 Å². The average Bonchev–Trinajstić information content (AvgIpc) is 2.95. The van der Waals surface area contributed by atoms with Crippen LogP contribution in [0.2, 0.25) is 0 Å². The van der Waals surface area contributed by atoms with Crippen molar-refractivity contribution >= 4 is 29.9 Å². The van der Waals surface area contributed by atoms with Crippen LogP contribution in [0.25, 0.3) is 0 Å². The molecule has 6 heteroatoms. The maximum Gasteiger partial charge on any atom is 0.191 e. The second-order valence-electron chi connectivity index (χ2n) is 6.25. The third-order valence-corrected chi connectivity index (χ3v) is 4.37. The molecule has 26 heavy (non-hydrogen) atoms. The Morgan fingerprint density at radius 3 is 2.42 bits per heavy atom. The van der Waals surface area contributed by atoms with Crippen LogP contribution in [0.1, 0.15) is 41.9 Å². The summed E-state index contributed by atoms with van der Waals surface area (Å²) in [7, 11) is 3.48. The van der Waals surface area contributed by atoms with Crippen LogP contribution in [0.3, 0.4) is 0 Å². The van der Waals surface area contributed by atoms with Crippen LogP contribution in [-0.2, 0) is 6.54 Å². The lowest BCUT2D eigenvalue weighted by atomic mass is 9.98. The van der Waals surface area contributed by atoms with E-state index in [0.29, 0.717) is 12.5 Å². The summed E-state index contributed by atoms with van der Waals surface area (Å²) in [4.78, 5) is 4.28. The molecule has 2 N–H and O–H groups in total. The highest BCUT2D eigenvalue weighted by Crippen LogP contribution is 2.21. The molecule has 0 fully saturated rings. The van der Waals surface area contributed by atoms with Gasteiger partial charge >= 0.3 is 0 Å². The Hall–Kier alpha value is -1.70. The number of methoxy groups -OCH3 is 1. The predicted molar refractivity (Wildman–Crippen MR) is 118 cm³/mol. The summed E-state index contributed by atoms with van der Waals surface area (Å²) in [6.45, 7) is 7.74. The van der Waals surface area contributed by atoms with Crippen LogP contribution in [0.15, 0.2) is 39.7 Å². The highest BCUT2D eigenvalue weighted by molar-refractivity contribution is 14.0. The zero-order chi connectivity index (χ0) is 18.2. The molecule has 2 rings (SSSR count). The molecule has 5 nitrogen and oxygen atoms in total. The fourth-order valence-electron chi connectivity index (χ4n) is 2.76. The van der Waals surface area contributed by atoms with Gasteiger partial charge in [0.2, 0.25) is 0 Å². The van der Waals surface area contributed by atoms with Crippen molar-refractivity contribution in [1.82, 2.24) is 10.6 Å². The van der Waals surface area contributed by atoms with Gasteiger partial charge in [0.25, 0.3) is 0 Å². The second-order valence-corrected chi connectivity index (χ2v) is 6.25. The monoisotopic (exact) mass is 471 g/mol. The van der Waals surface area contributed by atoms with Crippen molar-refractivity contribution < 1.29 is 9.15 Å². The molecule has 0 aliphatic rings. The second kappa shape index (κ2) is 11.1. The van der Waals surface area contributed by atoms with Gasteiger partial charge < -0.3 is 19.8 Å². The van der Waals surface area contributed by atoms with Gasteiger partial charge in [0.1, 0.15) is 17.3 Å². The Kier molecular flexibility index (Phi) is 9.54. The lowest BCUT2D eigenvalue weighted by Gasteiger charge is -2.15. The Labute approximate surface area is 173 Å². The number of hydrogen-bond donors (Lipinski definition) is 2. The zero-order valence-electron chi connectivity index (χ0n) is 16.3. The maximum absolute atomic E-state index is 5.55. The normalized spacial score (nSPS) is 12.3. The summed E-state index contributed by atoms with van der Waals surface area (Å²) in [6.07, 6.45) is 1.02. The Morgan fingerprint density at radius 2 is 1.88 bits per heavy atom. The van der Waals surface area contributed by atoms with Gasteiger partial charge in [0.05, 0.1) is 7.11 Å². The summed E-state index contributed by atoms with van der Waals surface area (Å²) in [5.74, 6) is 4.05. The molecule has 1 aromatic carbocycles. The molecule has 1 aromatic heterocycles. The van der Waals surface area contributed by atoms with Crippen LogP contribution in [0, 0.1) is 13.8 Å². The van der Waals surface area contributed by atoms with E-state index in [4.69, 9.17) is 9.15 Å². The zero-order valence-corrected chi connectivity index (χ0v) is 18.6. The number of benzene rings is 1. The largest absolute Gasteiger partial charge is 0.497 e. The minimum atomic E-state index is 0. The van der Waals surface area contributed by atoms with Gasteiger partial charge in [-0.3, -0.25) is 4.99 Å². The molecular weight excluding hydrogens is 441 g/mol. The van der Waals surface area contributed by atoms with E-state index in [1.54, 1.807) is 14.2 Å². The number of rotatable bonds is 7. The lowest BCUT2D eigenvalue weighted by molar-refractivity contribution is 0.414. The Morgan fingerprint density at radius 1 is 1.19 bits per heavy atom. The Bertz CT molecular complexity index is 696. The topological polar surface area (TPSA) is 58.8 Å². The summed E-state index contributed by atoms with van der Waals surface area (Å²) in [6, 6.07) is 10.3. The van der Waals surface area contributed by atoms with Crippen molar-refractivity contribution in [3.05, 3.63) is 53.0 Å². The quantitative estimate of drug-likeness (QED) is 0.358. The summed E-state index contributed by atoms with van der Waals surface area (Å²) in [5, 5.41) is 6.70. The highest BCUT2D eigenvalue weighted by Gasteiger charge is 2.08. The molecule has 0 amide bonds. The first-order valence-corrected chi connectivity index (χ1v) is 8.68. The lowest BCUT2D eigenvalue weighted by Crippen LogP contribution is -2.37. The number of aryl methyl sites for hydroxylation is 2. The number of nitrogens with one attached hydrogen (secondary N) is 2. The molecule has 1 unspecified atom stereocenters. The van der Waals surface area contributed by atoms with Crippen molar-refractivity contribution in [2.45, 2.75) is 39.7 Å². The van der Waals surface area contributed by atoms with Gasteiger partial charge in [-0.25, -0.2) is 0 Å². The van der Waals surface area contributed by atoms with Crippen molar-refractivity contribution in [1.29, 1.82) is 0 Å². The molecule has 0 aliphatic carbocycles. The molecule has 1 heterocycles. The fraction of sp³-hybridized carbons (Fsp3) is 0.450. The number of halogens is 1. The summed E-state index contributed by atoms with van der Waals surface area (Å²) >= 11 is 0. The number of guanidine groups is 1. The molecule has 2 aromatic rings. The molecule has 0 radical (unpaired) electrons. The smallest absolute Gasteiger partial charge is 0.191 e. The van der Waals surface area contributed by atoms with E-state index in [0.717, 1.165) is 41.8 Å². The molecule has 0 saturated heterocycles. The first-order valence-electron chi connectivity index (χ1n) is 8.68. The van der Waals surface area contributed by atoms with Crippen LogP contribution < -0.4 is 15.4 Å². The molecular formula is C20H30IN3O2. The van der Waals surface area contributed by atoms with E-state index in [1.165, 1.54) is 5.56 Å². The number of furan rings is 1. The SMILES string of the molecule is CN=C(NCCC(C)c1ccc(OC)cc1)NCc1cc(C)oc1C.I. The van der Waals surface area contributed by atoms with Crippen LogP contribution in [-0.4, -0.2) is 26.7 Å². The minimum Gasteiger partial charge on any atom is -0.497 e. The van der Waals surface area contributed by atoms with Crippen molar-refractivity contribution in [3.8, 4) is 5.75 Å². The molecule has 0 spiro atoms. The minimum absolute atomic E-state index is 0. The molecule has 144 valence electrons. The Balaban J connectivity index is 0.00000338. The summed E-state index contributed by atoms with van der Waals surface area (Å²) < 4.78 is 10.8. The van der Waals surface area contributed by atoms with Gasteiger partial charge in [0.15, 0.2) is 5.96 Å². The van der Waals surface area contributed by atoms with Crippen molar-refractivity contribution in [3.63, 3.8) is 0 Å². The third kappa shape index (κ3) is 6.55. The van der Waals surface area contributed by atoms with Gasteiger partial charge in [-0.05, 0) is 49.9 Å². The third-order valence-electron chi connectivity index (χ3n) is 4.37. The first-order chi connectivity index (χ1) is 12.0. The standard InChI is InChI=1S/C20H29N3O2.HI/c1-14(17-6-8-19(24-5)9-7-17)10-11-22-20(21-4)23-13-18-12-15(2)25-16(18)3;/h6-9,12,14H,10-11,13H2,1-5H3,(H2,21,22,23);1H. The average molecular weight is 471 g/mol. The predicted octanol–water partition coefficient (Wildman–Crippen LogP) is 4.38. The van der Waals surface area contributed by atoms with Crippen molar-refractivity contribution in [2.75, 3.05) is 20.7 Å². The van der Waals surface area contributed by atoms with E-state index in [1.807, 2.05) is 26.0 Å². The van der Waals surface area contributed by atoms with E-state index < -0.39 is 0 Å². The maximum atomic E-state index is 5.55. The van der Waals surface area contributed by atoms with E-state index >= 15 is 0 Å². The van der Waals surface area contributed by atoms with Gasteiger partial charge in [-0.1, -0.05) is 19.1 Å². The molecule has 0 bridgehead atoms. The number of nitrogens with zero attached hydrogens (tertiary/aromatic N) is 1. The number of ether oxygens (including phenoxy) is 1. The van der Waals surface area contributed by atoms with Crippen LogP contribution >= 0.6 is 24.0 Å². The first kappa shape index (κ1) is 22.3. The van der Waals surface area contributed by atoms with Gasteiger partial charge in [-0.2, -0.15) is 0 Å². The fourth-order valence-corrected chi connectivity index (χ4v) is 2.76. The van der Waals surface area contributed by atoms with Crippen LogP contribution in [0.4, 0.5) is 0 Å². The van der Waals surface area contributed by atoms with E-state index in [9.17, 15) is 0 Å². The number of aliphatic imine (C=N–C) groups is 1. The number of hydrogen-bond acceptors (Lipinski definition) is 3. The molecule has 0 aliphatic heterocycles. The summed E-state index contributed by atoms with van der Waals surface area (Å²) in [5.41, 5.74) is 2.47. The van der Waals surface area contributed by atoms with E-state index in [2.05, 4.69) is 40.7 Å². The highest BCUT2D eigenvalue weighted by atomic mass is 127. The van der Waals surface area contributed by atoms with Crippen LogP contribution in [0.5, 0.6) is 5.75 Å².